The molecule has 3 N–H and O–H groups in total. The molecule has 41 heavy (non-hydrogen) atoms. The number of nitrogens with one attached hydrogen (secondary N) is 3. The number of hydrazine groups is 1. The van der Waals surface area contributed by atoms with Crippen LogP contribution >= 0.6 is 7.75 Å². The molecule has 0 spiro atoms. The van der Waals surface area contributed by atoms with Gasteiger partial charge in [-0.05, 0) is 25.5 Å². The molecule has 0 saturated carbocycles. The van der Waals surface area contributed by atoms with Gasteiger partial charge >= 0.3 is 13.8 Å². The zero-order chi connectivity index (χ0) is 29.9. The number of carbonyl (C=O) groups is 1. The van der Waals surface area contributed by atoms with Gasteiger partial charge in [0.05, 0.1) is 27.4 Å². The first-order valence-corrected chi connectivity index (χ1v) is 16.1. The molecular weight excluding hydrogens is 545 g/mol. The fraction of sp³-hybridized carbons (Fsp3) is 0.567. The SMILES string of the molecule is CCCCCCCCCCCCC(C)OP(=O)(NNC(=O)Nc1c(OC)cc(OC)cc1OC)Oc1ccccc1. The van der Waals surface area contributed by atoms with Crippen molar-refractivity contribution in [1.29, 1.82) is 0 Å². The molecule has 2 amide bonds. The van der Waals surface area contributed by atoms with Crippen LogP contribution in [0.25, 0.3) is 0 Å². The van der Waals surface area contributed by atoms with E-state index in [0.717, 1.165) is 12.8 Å². The molecule has 2 aromatic carbocycles. The number of hydrogen-bond donors (Lipinski definition) is 3. The average Bonchev–Trinajstić information content (AvgIpc) is 2.97. The number of carbonyl (C=O) groups excluding carboxylic acids is 1. The van der Waals surface area contributed by atoms with Gasteiger partial charge in [-0.25, -0.2) is 9.36 Å². The van der Waals surface area contributed by atoms with Crippen LogP contribution in [0.2, 0.25) is 0 Å². The number of ether oxygens (including phenoxy) is 3. The van der Waals surface area contributed by atoms with Gasteiger partial charge in [-0.1, -0.05) is 89.3 Å². The lowest BCUT2D eigenvalue weighted by Gasteiger charge is -2.24. The number of hydrogen-bond acceptors (Lipinski definition) is 7. The van der Waals surface area contributed by atoms with Gasteiger partial charge in [0.15, 0.2) is 0 Å². The minimum atomic E-state index is -3.99. The maximum Gasteiger partial charge on any atom is 0.476 e. The molecule has 0 fully saturated rings. The van der Waals surface area contributed by atoms with Crippen LogP contribution in [0.4, 0.5) is 10.5 Å². The monoisotopic (exact) mass is 593 g/mol. The molecule has 0 aliphatic rings. The molecule has 0 heterocycles. The molecule has 0 saturated heterocycles. The lowest BCUT2D eigenvalue weighted by molar-refractivity contribution is 0.171. The van der Waals surface area contributed by atoms with Crippen molar-refractivity contribution in [2.24, 2.45) is 0 Å². The Morgan fingerprint density at radius 2 is 1.37 bits per heavy atom. The second-order valence-corrected chi connectivity index (χ2v) is 11.5. The van der Waals surface area contributed by atoms with E-state index in [1.54, 1.807) is 36.4 Å². The summed E-state index contributed by atoms with van der Waals surface area (Å²) in [5, 5.41) is 5.12. The van der Waals surface area contributed by atoms with Crippen molar-refractivity contribution in [2.75, 3.05) is 26.6 Å². The van der Waals surface area contributed by atoms with Crippen LogP contribution in [0.1, 0.15) is 84.5 Å². The van der Waals surface area contributed by atoms with E-state index in [4.69, 9.17) is 23.3 Å². The second-order valence-electron chi connectivity index (χ2n) is 9.89. The van der Waals surface area contributed by atoms with Crippen LogP contribution in [0.5, 0.6) is 23.0 Å². The van der Waals surface area contributed by atoms with Crippen LogP contribution in [0.3, 0.4) is 0 Å². The normalized spacial score (nSPS) is 13.1. The van der Waals surface area contributed by atoms with E-state index >= 15 is 0 Å². The Hall–Kier alpha value is -2.94. The first-order chi connectivity index (χ1) is 19.8. The Kier molecular flexibility index (Phi) is 16.1. The van der Waals surface area contributed by atoms with Crippen LogP contribution in [-0.2, 0) is 9.09 Å². The first kappa shape index (κ1) is 34.3. The molecule has 0 aromatic heterocycles. The maximum absolute atomic E-state index is 13.7. The summed E-state index contributed by atoms with van der Waals surface area (Å²) in [5.41, 5.74) is 2.65. The summed E-state index contributed by atoms with van der Waals surface area (Å²) in [6, 6.07) is 11.1. The number of benzene rings is 2. The van der Waals surface area contributed by atoms with Gasteiger partial charge in [-0.2, -0.15) is 0 Å². The largest absolute Gasteiger partial charge is 0.496 e. The zero-order valence-electron chi connectivity index (χ0n) is 25.2. The van der Waals surface area contributed by atoms with E-state index in [0.29, 0.717) is 29.4 Å². The van der Waals surface area contributed by atoms with Gasteiger partial charge in [0.25, 0.3) is 0 Å². The minimum absolute atomic E-state index is 0.268. The van der Waals surface area contributed by atoms with E-state index in [-0.39, 0.29) is 11.8 Å². The molecule has 0 aliphatic carbocycles. The van der Waals surface area contributed by atoms with Crippen molar-refractivity contribution in [3.05, 3.63) is 42.5 Å². The number of para-hydroxylation sites is 1. The van der Waals surface area contributed by atoms with Gasteiger partial charge < -0.3 is 24.1 Å². The van der Waals surface area contributed by atoms with Crippen LogP contribution < -0.4 is 34.7 Å². The summed E-state index contributed by atoms with van der Waals surface area (Å²) in [6.07, 6.45) is 12.7. The second kappa shape index (κ2) is 19.2. The van der Waals surface area contributed by atoms with Crippen LogP contribution in [0, 0.1) is 0 Å². The number of urea groups is 1. The van der Waals surface area contributed by atoms with Crippen molar-refractivity contribution < 1.29 is 32.6 Å². The van der Waals surface area contributed by atoms with E-state index in [9.17, 15) is 9.36 Å². The zero-order valence-corrected chi connectivity index (χ0v) is 26.1. The average molecular weight is 594 g/mol. The Morgan fingerprint density at radius 3 is 1.90 bits per heavy atom. The Labute approximate surface area is 245 Å². The highest BCUT2D eigenvalue weighted by molar-refractivity contribution is 7.52. The van der Waals surface area contributed by atoms with Gasteiger partial charge in [0, 0.05) is 12.1 Å². The molecule has 0 aliphatic heterocycles. The standard InChI is InChI=1S/C30H48N3O7P/c1-6-7-8-9-10-11-12-13-14-16-19-24(2)39-41(35,40-25-20-17-15-18-21-25)33-32-30(34)31-29-27(37-4)22-26(36-3)23-28(29)38-5/h15,17-18,20-24H,6-14,16,19H2,1-5H3,(H,33,35)(H2,31,32,34). The quantitative estimate of drug-likeness (QED) is 0.0753. The highest BCUT2D eigenvalue weighted by Crippen LogP contribution is 2.45. The minimum Gasteiger partial charge on any atom is -0.496 e. The highest BCUT2D eigenvalue weighted by Gasteiger charge is 2.30. The highest BCUT2D eigenvalue weighted by atomic mass is 31.2. The Bertz CT molecular complexity index is 1050. The summed E-state index contributed by atoms with van der Waals surface area (Å²) >= 11 is 0. The predicted octanol–water partition coefficient (Wildman–Crippen LogP) is 8.24. The summed E-state index contributed by atoms with van der Waals surface area (Å²) in [6.45, 7) is 4.09. The first-order valence-electron chi connectivity index (χ1n) is 14.5. The Balaban J connectivity index is 1.92. The third-order valence-corrected chi connectivity index (χ3v) is 7.99. The van der Waals surface area contributed by atoms with E-state index in [2.05, 4.69) is 22.9 Å². The molecule has 11 heteroatoms. The van der Waals surface area contributed by atoms with Gasteiger partial charge in [-0.15, -0.1) is 5.20 Å². The number of rotatable bonds is 21. The lowest BCUT2D eigenvalue weighted by Crippen LogP contribution is -2.40. The molecule has 230 valence electrons. The topological polar surface area (TPSA) is 116 Å². The summed E-state index contributed by atoms with van der Waals surface area (Å²) in [7, 11) is 0.442. The van der Waals surface area contributed by atoms with Gasteiger partial charge in [0.2, 0.25) is 0 Å². The number of methoxy groups -OCH3 is 3. The smallest absolute Gasteiger partial charge is 0.476 e. The van der Waals surface area contributed by atoms with Crippen molar-refractivity contribution in [3.63, 3.8) is 0 Å². The van der Waals surface area contributed by atoms with Gasteiger partial charge in [0.1, 0.15) is 28.7 Å². The van der Waals surface area contributed by atoms with E-state index in [1.807, 2.05) is 13.0 Å². The Morgan fingerprint density at radius 1 is 0.805 bits per heavy atom. The third kappa shape index (κ3) is 13.1. The van der Waals surface area contributed by atoms with Crippen molar-refractivity contribution in [1.82, 2.24) is 10.6 Å². The number of amides is 2. The van der Waals surface area contributed by atoms with Crippen molar-refractivity contribution >= 4 is 19.5 Å². The van der Waals surface area contributed by atoms with Crippen LogP contribution in [0.15, 0.2) is 42.5 Å². The number of unbranched alkanes of at least 4 members (excludes halogenated alkanes) is 9. The van der Waals surface area contributed by atoms with Crippen LogP contribution in [-0.4, -0.2) is 33.5 Å². The predicted molar refractivity (Wildman–Crippen MR) is 163 cm³/mol. The van der Waals surface area contributed by atoms with E-state index in [1.165, 1.54) is 72.7 Å². The van der Waals surface area contributed by atoms with E-state index < -0.39 is 13.8 Å². The molecule has 10 nitrogen and oxygen atoms in total. The summed E-state index contributed by atoms with van der Waals surface area (Å²) in [5.74, 6) is 1.48. The fourth-order valence-corrected chi connectivity index (χ4v) is 5.65. The van der Waals surface area contributed by atoms with Crippen molar-refractivity contribution in [3.8, 4) is 23.0 Å². The summed E-state index contributed by atoms with van der Waals surface area (Å²) in [4.78, 5) is 12.8. The molecule has 2 rings (SSSR count). The molecule has 2 unspecified atom stereocenters. The summed E-state index contributed by atoms with van der Waals surface area (Å²) < 4.78 is 41.2. The molecule has 2 aromatic rings. The fourth-order valence-electron chi connectivity index (χ4n) is 4.29. The number of anilines is 1. The van der Waals surface area contributed by atoms with Crippen molar-refractivity contribution in [2.45, 2.75) is 90.6 Å². The molecule has 2 atom stereocenters. The lowest BCUT2D eigenvalue weighted by atomic mass is 10.1. The maximum atomic E-state index is 13.7. The molecule has 0 radical (unpaired) electrons. The molecular formula is C30H48N3O7P. The third-order valence-electron chi connectivity index (χ3n) is 6.51. The molecule has 0 bridgehead atoms. The van der Waals surface area contributed by atoms with Gasteiger partial charge in [-0.3, -0.25) is 9.95 Å².